The Labute approximate surface area is 88.2 Å². The molecule has 2 rings (SSSR count). The lowest BCUT2D eigenvalue weighted by molar-refractivity contribution is 0.241. The highest BCUT2D eigenvalue weighted by Gasteiger charge is 2.39. The molecule has 1 heterocycles. The van der Waals surface area contributed by atoms with Gasteiger partial charge in [0.2, 0.25) is 5.88 Å². The topological polar surface area (TPSA) is 48.1 Å². The minimum Gasteiger partial charge on any atom is -0.481 e. The molecule has 4 heteroatoms. The van der Waals surface area contributed by atoms with Crippen LogP contribution in [0, 0.1) is 0 Å². The zero-order valence-corrected chi connectivity index (χ0v) is 8.84. The number of halogens is 1. The summed E-state index contributed by atoms with van der Waals surface area (Å²) >= 11 is 6.11. The number of hydrogen-bond acceptors (Lipinski definition) is 3. The molecule has 1 aromatic rings. The van der Waals surface area contributed by atoms with E-state index in [4.69, 9.17) is 22.1 Å². The van der Waals surface area contributed by atoms with Gasteiger partial charge in [0.05, 0.1) is 17.7 Å². The first-order valence-corrected chi connectivity index (χ1v) is 5.03. The third-order valence-electron chi connectivity index (χ3n) is 2.80. The summed E-state index contributed by atoms with van der Waals surface area (Å²) in [5.74, 6) is 0.555. The Kier molecular flexibility index (Phi) is 2.37. The zero-order valence-electron chi connectivity index (χ0n) is 8.09. The summed E-state index contributed by atoms with van der Waals surface area (Å²) in [7, 11) is 1.59. The number of nitrogens with two attached hydrogens (primary N) is 1. The van der Waals surface area contributed by atoms with Crippen LogP contribution in [0.5, 0.6) is 5.88 Å². The first-order valence-electron chi connectivity index (χ1n) is 4.65. The predicted molar refractivity (Wildman–Crippen MR) is 55.5 cm³/mol. The van der Waals surface area contributed by atoms with Gasteiger partial charge in [0, 0.05) is 11.7 Å². The summed E-state index contributed by atoms with van der Waals surface area (Å²) in [6.45, 7) is 0. The van der Waals surface area contributed by atoms with E-state index in [0.29, 0.717) is 10.9 Å². The standard InChI is InChI=1S/C10H13ClN2O/c1-14-9-8(7(11)3-6-13-9)10(12)4-2-5-10/h3,6H,2,4-5,12H2,1H3. The average molecular weight is 213 g/mol. The van der Waals surface area contributed by atoms with Gasteiger partial charge in [-0.25, -0.2) is 4.98 Å². The average Bonchev–Trinajstić information content (AvgIpc) is 2.14. The predicted octanol–water partition coefficient (Wildman–Crippen LogP) is 2.08. The summed E-state index contributed by atoms with van der Waals surface area (Å²) in [5, 5.41) is 0.652. The monoisotopic (exact) mass is 212 g/mol. The lowest BCUT2D eigenvalue weighted by atomic mass is 9.73. The third-order valence-corrected chi connectivity index (χ3v) is 3.12. The molecule has 76 valence electrons. The minimum atomic E-state index is -0.323. The van der Waals surface area contributed by atoms with E-state index in [-0.39, 0.29) is 5.54 Å². The van der Waals surface area contributed by atoms with E-state index in [1.54, 1.807) is 19.4 Å². The molecule has 0 saturated heterocycles. The van der Waals surface area contributed by atoms with E-state index >= 15 is 0 Å². The Hall–Kier alpha value is -0.800. The molecule has 14 heavy (non-hydrogen) atoms. The molecule has 0 aliphatic heterocycles. The Morgan fingerprint density at radius 2 is 2.29 bits per heavy atom. The van der Waals surface area contributed by atoms with Gasteiger partial charge in [-0.3, -0.25) is 0 Å². The van der Waals surface area contributed by atoms with Crippen molar-refractivity contribution in [1.29, 1.82) is 0 Å². The minimum absolute atomic E-state index is 0.323. The molecule has 1 saturated carbocycles. The van der Waals surface area contributed by atoms with E-state index in [1.165, 1.54) is 0 Å². The van der Waals surface area contributed by atoms with Crippen LogP contribution in [0.3, 0.4) is 0 Å². The highest BCUT2D eigenvalue weighted by atomic mass is 35.5. The molecule has 0 bridgehead atoms. The van der Waals surface area contributed by atoms with Crippen LogP contribution in [-0.2, 0) is 5.54 Å². The first kappa shape index (κ1) is 9.74. The fraction of sp³-hybridized carbons (Fsp3) is 0.500. The van der Waals surface area contributed by atoms with Gasteiger partial charge in [-0.15, -0.1) is 0 Å². The van der Waals surface area contributed by atoms with Crippen molar-refractivity contribution in [2.24, 2.45) is 5.73 Å². The van der Waals surface area contributed by atoms with Crippen molar-refractivity contribution in [2.75, 3.05) is 7.11 Å². The maximum atomic E-state index is 6.20. The fourth-order valence-corrected chi connectivity index (χ4v) is 2.16. The van der Waals surface area contributed by atoms with Crippen molar-refractivity contribution < 1.29 is 4.74 Å². The van der Waals surface area contributed by atoms with Crippen LogP contribution in [0.4, 0.5) is 0 Å². The van der Waals surface area contributed by atoms with E-state index < -0.39 is 0 Å². The molecule has 0 amide bonds. The molecule has 1 aromatic heterocycles. The number of hydrogen-bond donors (Lipinski definition) is 1. The lowest BCUT2D eigenvalue weighted by Gasteiger charge is -2.39. The Balaban J connectivity index is 2.49. The highest BCUT2D eigenvalue weighted by molar-refractivity contribution is 6.31. The molecular weight excluding hydrogens is 200 g/mol. The number of aromatic nitrogens is 1. The maximum Gasteiger partial charge on any atom is 0.219 e. The Bertz CT molecular complexity index is 350. The zero-order chi connectivity index (χ0) is 10.2. The molecule has 0 aromatic carbocycles. The van der Waals surface area contributed by atoms with Crippen LogP contribution in [0.1, 0.15) is 24.8 Å². The summed E-state index contributed by atoms with van der Waals surface area (Å²) < 4.78 is 5.17. The van der Waals surface area contributed by atoms with E-state index in [1.807, 2.05) is 0 Å². The van der Waals surface area contributed by atoms with Gasteiger partial charge in [-0.05, 0) is 25.3 Å². The quantitative estimate of drug-likeness (QED) is 0.817. The first-order chi connectivity index (χ1) is 6.67. The molecule has 1 fully saturated rings. The number of pyridine rings is 1. The summed E-state index contributed by atoms with van der Waals surface area (Å²) in [6.07, 6.45) is 4.68. The van der Waals surface area contributed by atoms with Crippen molar-refractivity contribution in [3.63, 3.8) is 0 Å². The molecule has 3 nitrogen and oxygen atoms in total. The van der Waals surface area contributed by atoms with Gasteiger partial charge in [-0.2, -0.15) is 0 Å². The van der Waals surface area contributed by atoms with Crippen molar-refractivity contribution >= 4 is 11.6 Å². The van der Waals surface area contributed by atoms with Crippen LogP contribution >= 0.6 is 11.6 Å². The summed E-state index contributed by atoms with van der Waals surface area (Å²) in [6, 6.07) is 1.76. The van der Waals surface area contributed by atoms with E-state index in [2.05, 4.69) is 4.98 Å². The molecule has 0 unspecified atom stereocenters. The van der Waals surface area contributed by atoms with Gasteiger partial charge < -0.3 is 10.5 Å². The van der Waals surface area contributed by atoms with Crippen LogP contribution in [-0.4, -0.2) is 12.1 Å². The van der Waals surface area contributed by atoms with Gasteiger partial charge in [-0.1, -0.05) is 11.6 Å². The number of ether oxygens (including phenoxy) is 1. The largest absolute Gasteiger partial charge is 0.481 e. The lowest BCUT2D eigenvalue weighted by Crippen LogP contribution is -2.43. The van der Waals surface area contributed by atoms with Gasteiger partial charge >= 0.3 is 0 Å². The normalized spacial score (nSPS) is 18.8. The van der Waals surface area contributed by atoms with Gasteiger partial charge in [0.25, 0.3) is 0 Å². The third kappa shape index (κ3) is 1.37. The smallest absolute Gasteiger partial charge is 0.219 e. The molecule has 1 aliphatic carbocycles. The second-order valence-corrected chi connectivity index (χ2v) is 4.09. The van der Waals surface area contributed by atoms with Crippen molar-refractivity contribution in [2.45, 2.75) is 24.8 Å². The SMILES string of the molecule is COc1nccc(Cl)c1C1(N)CCC1. The second kappa shape index (κ2) is 3.41. The maximum absolute atomic E-state index is 6.20. The van der Waals surface area contributed by atoms with Crippen LogP contribution in [0.2, 0.25) is 5.02 Å². The van der Waals surface area contributed by atoms with E-state index in [0.717, 1.165) is 24.8 Å². The summed E-state index contributed by atoms with van der Waals surface area (Å²) in [4.78, 5) is 4.12. The van der Waals surface area contributed by atoms with Crippen molar-refractivity contribution in [3.8, 4) is 5.88 Å². The Morgan fingerprint density at radius 3 is 2.79 bits per heavy atom. The van der Waals surface area contributed by atoms with Crippen LogP contribution in [0.25, 0.3) is 0 Å². The number of rotatable bonds is 2. The molecule has 0 spiro atoms. The molecule has 1 aliphatic rings. The van der Waals surface area contributed by atoms with Crippen LogP contribution < -0.4 is 10.5 Å². The van der Waals surface area contributed by atoms with Crippen molar-refractivity contribution in [3.05, 3.63) is 22.8 Å². The Morgan fingerprint density at radius 1 is 1.57 bits per heavy atom. The van der Waals surface area contributed by atoms with Gasteiger partial charge in [0.1, 0.15) is 0 Å². The number of methoxy groups -OCH3 is 1. The molecule has 0 atom stereocenters. The van der Waals surface area contributed by atoms with Crippen molar-refractivity contribution in [1.82, 2.24) is 4.98 Å². The number of nitrogens with zero attached hydrogens (tertiary/aromatic N) is 1. The highest BCUT2D eigenvalue weighted by Crippen LogP contribution is 2.44. The molecule has 2 N–H and O–H groups in total. The van der Waals surface area contributed by atoms with Crippen LogP contribution in [0.15, 0.2) is 12.3 Å². The molecular formula is C10H13ClN2O. The molecule has 0 radical (unpaired) electrons. The summed E-state index contributed by atoms with van der Waals surface area (Å²) in [5.41, 5.74) is 6.73. The van der Waals surface area contributed by atoms with Gasteiger partial charge in [0.15, 0.2) is 0 Å². The second-order valence-electron chi connectivity index (χ2n) is 3.69. The fourth-order valence-electron chi connectivity index (χ4n) is 1.83. The van der Waals surface area contributed by atoms with E-state index in [9.17, 15) is 0 Å².